The number of carbonyl (C=O) groups is 1. The van der Waals surface area contributed by atoms with Crippen LogP contribution in [0.15, 0.2) is 18.2 Å². The van der Waals surface area contributed by atoms with Crippen molar-refractivity contribution in [3.05, 3.63) is 34.6 Å². The Morgan fingerprint density at radius 1 is 1.53 bits per heavy atom. The zero-order chi connectivity index (χ0) is 12.8. The predicted octanol–water partition coefficient (Wildman–Crippen LogP) is 2.09. The third kappa shape index (κ3) is 3.98. The van der Waals surface area contributed by atoms with Gasteiger partial charge in [-0.3, -0.25) is 4.79 Å². The van der Waals surface area contributed by atoms with Crippen LogP contribution in [0.5, 0.6) is 0 Å². The van der Waals surface area contributed by atoms with Crippen LogP contribution in [0.2, 0.25) is 5.02 Å². The molecule has 1 aromatic rings. The number of benzene rings is 1. The van der Waals surface area contributed by atoms with Crippen molar-refractivity contribution >= 4 is 17.5 Å². The molecular formula is C12H16ClFN2O. The highest BCUT2D eigenvalue weighted by molar-refractivity contribution is 6.31. The van der Waals surface area contributed by atoms with E-state index in [1.54, 1.807) is 19.1 Å². The molecule has 0 fully saturated rings. The summed E-state index contributed by atoms with van der Waals surface area (Å²) in [6, 6.07) is 4.14. The van der Waals surface area contributed by atoms with E-state index in [2.05, 4.69) is 10.6 Å². The van der Waals surface area contributed by atoms with Crippen molar-refractivity contribution in [3.63, 3.8) is 0 Å². The van der Waals surface area contributed by atoms with Crippen LogP contribution < -0.4 is 10.6 Å². The lowest BCUT2D eigenvalue weighted by Gasteiger charge is -2.14. The molecule has 1 atom stereocenters. The predicted molar refractivity (Wildman–Crippen MR) is 66.4 cm³/mol. The largest absolute Gasteiger partial charge is 0.355 e. The molecule has 0 saturated carbocycles. The molecule has 0 saturated heterocycles. The Morgan fingerprint density at radius 3 is 2.82 bits per heavy atom. The van der Waals surface area contributed by atoms with Crippen LogP contribution in [-0.4, -0.2) is 18.5 Å². The number of halogens is 2. The van der Waals surface area contributed by atoms with Gasteiger partial charge in [-0.15, -0.1) is 0 Å². The summed E-state index contributed by atoms with van der Waals surface area (Å²) >= 11 is 5.87. The molecule has 0 aliphatic rings. The topological polar surface area (TPSA) is 41.1 Å². The van der Waals surface area contributed by atoms with Gasteiger partial charge < -0.3 is 10.6 Å². The van der Waals surface area contributed by atoms with Gasteiger partial charge in [-0.25, -0.2) is 4.39 Å². The number of carbonyl (C=O) groups excluding carboxylic acids is 1. The van der Waals surface area contributed by atoms with E-state index in [9.17, 15) is 9.18 Å². The molecule has 0 aromatic heterocycles. The SMILES string of the molecule is CCNC(=O)C(C)NCc1c(F)cccc1Cl. The summed E-state index contributed by atoms with van der Waals surface area (Å²) in [6.45, 7) is 4.37. The molecule has 3 nitrogen and oxygen atoms in total. The molecule has 5 heteroatoms. The van der Waals surface area contributed by atoms with Gasteiger partial charge in [0.25, 0.3) is 0 Å². The number of amides is 1. The van der Waals surface area contributed by atoms with Crippen molar-refractivity contribution in [2.75, 3.05) is 6.54 Å². The van der Waals surface area contributed by atoms with Crippen LogP contribution in [0.4, 0.5) is 4.39 Å². The maximum atomic E-state index is 13.4. The van der Waals surface area contributed by atoms with E-state index in [1.807, 2.05) is 6.92 Å². The summed E-state index contributed by atoms with van der Waals surface area (Å²) in [4.78, 5) is 11.4. The normalized spacial score (nSPS) is 12.2. The van der Waals surface area contributed by atoms with Gasteiger partial charge in [-0.2, -0.15) is 0 Å². The Labute approximate surface area is 105 Å². The van der Waals surface area contributed by atoms with Crippen LogP contribution >= 0.6 is 11.6 Å². The van der Waals surface area contributed by atoms with E-state index in [0.29, 0.717) is 17.1 Å². The molecule has 0 aliphatic heterocycles. The van der Waals surface area contributed by atoms with E-state index < -0.39 is 0 Å². The van der Waals surface area contributed by atoms with Crippen molar-refractivity contribution in [1.82, 2.24) is 10.6 Å². The molecule has 1 amide bonds. The molecule has 2 N–H and O–H groups in total. The van der Waals surface area contributed by atoms with E-state index in [0.717, 1.165) is 0 Å². The third-order valence-electron chi connectivity index (χ3n) is 2.39. The molecule has 0 aliphatic carbocycles. The fraction of sp³-hybridized carbons (Fsp3) is 0.417. The second kappa shape index (κ2) is 6.57. The zero-order valence-electron chi connectivity index (χ0n) is 9.89. The molecule has 17 heavy (non-hydrogen) atoms. The Bertz CT molecular complexity index is 378. The number of likely N-dealkylation sites (N-methyl/N-ethyl adjacent to an activating group) is 1. The minimum absolute atomic E-state index is 0.111. The van der Waals surface area contributed by atoms with Gasteiger partial charge in [0, 0.05) is 23.7 Å². The highest BCUT2D eigenvalue weighted by Gasteiger charge is 2.13. The van der Waals surface area contributed by atoms with E-state index in [1.165, 1.54) is 6.07 Å². The average Bonchev–Trinajstić information content (AvgIpc) is 2.28. The number of hydrogen-bond acceptors (Lipinski definition) is 2. The fourth-order valence-electron chi connectivity index (χ4n) is 1.38. The van der Waals surface area contributed by atoms with Gasteiger partial charge in [-0.1, -0.05) is 17.7 Å². The van der Waals surface area contributed by atoms with Crippen molar-refractivity contribution < 1.29 is 9.18 Å². The van der Waals surface area contributed by atoms with E-state index in [4.69, 9.17) is 11.6 Å². The lowest BCUT2D eigenvalue weighted by Crippen LogP contribution is -2.41. The minimum atomic E-state index is -0.384. The monoisotopic (exact) mass is 258 g/mol. The zero-order valence-corrected chi connectivity index (χ0v) is 10.6. The van der Waals surface area contributed by atoms with Gasteiger partial charge in [0.2, 0.25) is 5.91 Å². The molecule has 0 spiro atoms. The van der Waals surface area contributed by atoms with Crippen LogP contribution in [0.25, 0.3) is 0 Å². The van der Waals surface area contributed by atoms with Gasteiger partial charge in [0.1, 0.15) is 5.82 Å². The van der Waals surface area contributed by atoms with Crippen molar-refractivity contribution in [1.29, 1.82) is 0 Å². The van der Waals surface area contributed by atoms with Crippen LogP contribution in [0, 0.1) is 5.82 Å². The standard InChI is InChI=1S/C12H16ClFN2O/c1-3-15-12(17)8(2)16-7-9-10(13)5-4-6-11(9)14/h4-6,8,16H,3,7H2,1-2H3,(H,15,17). The highest BCUT2D eigenvalue weighted by atomic mass is 35.5. The van der Waals surface area contributed by atoms with Crippen molar-refractivity contribution in [3.8, 4) is 0 Å². The Balaban J connectivity index is 2.58. The second-order valence-electron chi connectivity index (χ2n) is 3.70. The smallest absolute Gasteiger partial charge is 0.236 e. The molecule has 1 aromatic carbocycles. The Morgan fingerprint density at radius 2 is 2.24 bits per heavy atom. The molecule has 0 bridgehead atoms. The first kappa shape index (κ1) is 13.9. The maximum absolute atomic E-state index is 13.4. The molecule has 0 heterocycles. The van der Waals surface area contributed by atoms with Gasteiger partial charge in [-0.05, 0) is 26.0 Å². The first-order valence-electron chi connectivity index (χ1n) is 5.50. The summed E-state index contributed by atoms with van der Waals surface area (Å²) in [5.41, 5.74) is 0.380. The Kier molecular flexibility index (Phi) is 5.38. The van der Waals surface area contributed by atoms with E-state index >= 15 is 0 Å². The summed E-state index contributed by atoms with van der Waals surface area (Å²) < 4.78 is 13.4. The molecule has 94 valence electrons. The maximum Gasteiger partial charge on any atom is 0.236 e. The van der Waals surface area contributed by atoms with Crippen molar-refractivity contribution in [2.24, 2.45) is 0 Å². The Hall–Kier alpha value is -1.13. The van der Waals surface area contributed by atoms with E-state index in [-0.39, 0.29) is 24.3 Å². The summed E-state index contributed by atoms with van der Waals surface area (Å²) in [7, 11) is 0. The average molecular weight is 259 g/mol. The molecule has 1 rings (SSSR count). The lowest BCUT2D eigenvalue weighted by atomic mass is 10.2. The lowest BCUT2D eigenvalue weighted by molar-refractivity contribution is -0.122. The van der Waals surface area contributed by atoms with Crippen LogP contribution in [0.1, 0.15) is 19.4 Å². The van der Waals surface area contributed by atoms with Gasteiger partial charge >= 0.3 is 0 Å². The van der Waals surface area contributed by atoms with Gasteiger partial charge in [0.05, 0.1) is 6.04 Å². The van der Waals surface area contributed by atoms with Crippen LogP contribution in [0.3, 0.4) is 0 Å². The first-order chi connectivity index (χ1) is 8.06. The summed E-state index contributed by atoms with van der Waals surface area (Å²) in [5.74, 6) is -0.479. The number of hydrogen-bond donors (Lipinski definition) is 2. The van der Waals surface area contributed by atoms with Crippen LogP contribution in [-0.2, 0) is 11.3 Å². The molecule has 0 radical (unpaired) electrons. The quantitative estimate of drug-likeness (QED) is 0.849. The minimum Gasteiger partial charge on any atom is -0.355 e. The fourth-order valence-corrected chi connectivity index (χ4v) is 1.61. The third-order valence-corrected chi connectivity index (χ3v) is 2.75. The summed E-state index contributed by atoms with van der Waals surface area (Å²) in [5, 5.41) is 5.97. The molecule has 1 unspecified atom stereocenters. The second-order valence-corrected chi connectivity index (χ2v) is 4.10. The van der Waals surface area contributed by atoms with Gasteiger partial charge in [0.15, 0.2) is 0 Å². The summed E-state index contributed by atoms with van der Waals surface area (Å²) in [6.07, 6.45) is 0. The van der Waals surface area contributed by atoms with Crippen molar-refractivity contribution in [2.45, 2.75) is 26.4 Å². The number of rotatable bonds is 5. The first-order valence-corrected chi connectivity index (χ1v) is 5.88. The molecular weight excluding hydrogens is 243 g/mol. The highest BCUT2D eigenvalue weighted by Crippen LogP contribution is 2.18. The number of nitrogens with one attached hydrogen (secondary N) is 2.